The van der Waals surface area contributed by atoms with E-state index < -0.39 is 0 Å². The number of nitrogens with zero attached hydrogens (tertiary/aromatic N) is 2. The minimum atomic E-state index is 0.848. The van der Waals surface area contributed by atoms with Gasteiger partial charge in [-0.25, -0.2) is 0 Å². The van der Waals surface area contributed by atoms with Gasteiger partial charge in [-0.15, -0.1) is 0 Å². The van der Waals surface area contributed by atoms with Crippen LogP contribution in [0.25, 0.3) is 121 Å². The molecule has 0 saturated heterocycles. The lowest BCUT2D eigenvalue weighted by Gasteiger charge is -2.25. The molecule has 0 atom stereocenters. The largest absolute Gasteiger partial charge is 0.456 e. The summed E-state index contributed by atoms with van der Waals surface area (Å²) in [5.41, 5.74) is 17.4. The summed E-state index contributed by atoms with van der Waals surface area (Å²) >= 11 is 0. The monoisotopic (exact) mass is 974 g/mol. The van der Waals surface area contributed by atoms with Gasteiger partial charge in [-0.1, -0.05) is 133 Å². The molecule has 0 aliphatic rings. The molecule has 0 fully saturated rings. The maximum atomic E-state index is 6.67. The van der Waals surface area contributed by atoms with E-state index in [-0.39, 0.29) is 0 Å². The molecule has 0 unspecified atom stereocenters. The summed E-state index contributed by atoms with van der Waals surface area (Å²) in [5, 5.41) is 10.9. The first-order valence-corrected chi connectivity index (χ1v) is 25.6. The molecule has 4 heterocycles. The van der Waals surface area contributed by atoms with Gasteiger partial charge in [0.05, 0.1) is 11.4 Å². The Hall–Kier alpha value is -10.3. The lowest BCUT2D eigenvalue weighted by atomic mass is 10.00. The number of benzene rings is 12. The molecule has 16 rings (SSSR count). The van der Waals surface area contributed by atoms with Crippen LogP contribution in [0.2, 0.25) is 0 Å². The molecule has 0 aliphatic heterocycles. The third-order valence-electron chi connectivity index (χ3n) is 15.2. The first-order chi connectivity index (χ1) is 37.6. The van der Waals surface area contributed by atoms with Crippen molar-refractivity contribution < 1.29 is 17.7 Å². The van der Waals surface area contributed by atoms with Crippen LogP contribution in [0.1, 0.15) is 0 Å². The van der Waals surface area contributed by atoms with E-state index >= 15 is 0 Å². The molecule has 0 N–H and O–H groups in total. The third-order valence-corrected chi connectivity index (χ3v) is 15.2. The van der Waals surface area contributed by atoms with Crippen molar-refractivity contribution in [1.82, 2.24) is 0 Å². The minimum Gasteiger partial charge on any atom is -0.456 e. The Bertz CT molecular complexity index is 4620. The Balaban J connectivity index is 0.706. The van der Waals surface area contributed by atoms with Crippen LogP contribution < -0.4 is 9.80 Å². The summed E-state index contributed by atoms with van der Waals surface area (Å²) in [5.74, 6) is 0. The molecule has 16 aromatic rings. The Kier molecular flexibility index (Phi) is 9.23. The number of hydrogen-bond donors (Lipinski definition) is 0. The summed E-state index contributed by atoms with van der Waals surface area (Å²) in [6, 6.07) is 89.5. The molecule has 0 radical (unpaired) electrons. The second-order valence-corrected chi connectivity index (χ2v) is 19.6. The van der Waals surface area contributed by atoms with Gasteiger partial charge in [-0.05, 0) is 154 Å². The number of rotatable bonds is 8. The second kappa shape index (κ2) is 16.6. The van der Waals surface area contributed by atoms with Crippen molar-refractivity contribution in [3.8, 4) is 22.3 Å². The average Bonchev–Trinajstić information content (AvgIpc) is 4.26. The quantitative estimate of drug-likeness (QED) is 0.151. The highest BCUT2D eigenvalue weighted by Crippen LogP contribution is 2.46. The Morgan fingerprint density at radius 2 is 0.566 bits per heavy atom. The highest BCUT2D eigenvalue weighted by Gasteiger charge is 2.22. The van der Waals surface area contributed by atoms with Gasteiger partial charge in [-0.2, -0.15) is 0 Å². The zero-order chi connectivity index (χ0) is 49.8. The SMILES string of the molecule is c1ccc(N(c2ccc(-c3ccc4c(c3)oc3cc5cc6c(cc5cc34)oc3cc(-c4ccc(N(c5ccccc5)c5cccc7c5oc5ccccc57)cc4)ccc36)cc2)c2cccc3c2oc2ccccc23)cc1. The highest BCUT2D eigenvalue weighted by atomic mass is 16.3. The molecule has 0 saturated carbocycles. The summed E-state index contributed by atoms with van der Waals surface area (Å²) in [7, 11) is 0. The summed E-state index contributed by atoms with van der Waals surface area (Å²) in [6.07, 6.45) is 0. The number of fused-ring (bicyclic) bond motifs is 13. The molecular weight excluding hydrogens is 933 g/mol. The molecule has 6 heteroatoms. The normalized spacial score (nSPS) is 11.9. The minimum absolute atomic E-state index is 0.848. The third kappa shape index (κ3) is 6.67. The molecule has 12 aromatic carbocycles. The predicted octanol–water partition coefficient (Wildman–Crippen LogP) is 20.7. The van der Waals surface area contributed by atoms with Crippen LogP contribution in [-0.4, -0.2) is 0 Å². The van der Waals surface area contributed by atoms with E-state index in [1.54, 1.807) is 0 Å². The molecule has 4 aromatic heterocycles. The van der Waals surface area contributed by atoms with Crippen LogP contribution in [0.3, 0.4) is 0 Å². The number of anilines is 6. The fourth-order valence-corrected chi connectivity index (χ4v) is 11.6. The fraction of sp³-hybridized carbons (Fsp3) is 0. The lowest BCUT2D eigenvalue weighted by Crippen LogP contribution is -2.10. The van der Waals surface area contributed by atoms with Crippen molar-refractivity contribution in [3.05, 3.63) is 255 Å². The Morgan fingerprint density at radius 3 is 1.01 bits per heavy atom. The molecule has 0 aliphatic carbocycles. The molecule has 0 spiro atoms. The lowest BCUT2D eigenvalue weighted by molar-refractivity contribution is 0.668. The van der Waals surface area contributed by atoms with E-state index in [0.29, 0.717) is 0 Å². The van der Waals surface area contributed by atoms with Gasteiger partial charge < -0.3 is 27.5 Å². The van der Waals surface area contributed by atoms with E-state index in [4.69, 9.17) is 17.7 Å². The van der Waals surface area contributed by atoms with Crippen LogP contribution >= 0.6 is 0 Å². The molecule has 6 nitrogen and oxygen atoms in total. The van der Waals surface area contributed by atoms with Crippen LogP contribution in [0.5, 0.6) is 0 Å². The summed E-state index contributed by atoms with van der Waals surface area (Å²) in [4.78, 5) is 4.54. The smallest absolute Gasteiger partial charge is 0.159 e. The van der Waals surface area contributed by atoms with Crippen molar-refractivity contribution in [3.63, 3.8) is 0 Å². The van der Waals surface area contributed by atoms with Gasteiger partial charge in [0.15, 0.2) is 11.2 Å². The predicted molar refractivity (Wildman–Crippen MR) is 313 cm³/mol. The standard InChI is InChI=1S/C70H42N2O4/c1-3-13-49(14-4-1)71(61-21-11-19-57-53-17-7-9-23-63(53)75-69(57)61)51-31-25-43(26-32-51)45-29-35-55-59-37-47-42-68-60(38-48(47)41-67(59)73-65(55)39-45)56-36-30-46(40-66(56)74-68)44-27-33-52(34-28-44)72(50-15-5-2-6-16-50)62-22-12-20-58-54-18-8-10-24-64(54)76-70(58)62/h1-42H. The number of furan rings is 4. The van der Waals surface area contributed by atoms with E-state index in [0.717, 1.165) is 155 Å². The number of hydrogen-bond acceptors (Lipinski definition) is 6. The summed E-state index contributed by atoms with van der Waals surface area (Å²) < 4.78 is 26.4. The zero-order valence-corrected chi connectivity index (χ0v) is 40.8. The first kappa shape index (κ1) is 42.2. The fourth-order valence-electron chi connectivity index (χ4n) is 11.6. The van der Waals surface area contributed by atoms with Crippen molar-refractivity contribution in [1.29, 1.82) is 0 Å². The van der Waals surface area contributed by atoms with Gasteiger partial charge >= 0.3 is 0 Å². The molecular formula is C70H42N2O4. The van der Waals surface area contributed by atoms with E-state index in [2.05, 4.69) is 228 Å². The van der Waals surface area contributed by atoms with Crippen LogP contribution in [0, 0.1) is 0 Å². The van der Waals surface area contributed by atoms with Gasteiger partial charge in [0.1, 0.15) is 33.5 Å². The maximum Gasteiger partial charge on any atom is 0.159 e. The van der Waals surface area contributed by atoms with Gasteiger partial charge in [0.25, 0.3) is 0 Å². The van der Waals surface area contributed by atoms with E-state index in [1.165, 1.54) is 0 Å². The topological polar surface area (TPSA) is 59.0 Å². The van der Waals surface area contributed by atoms with Gasteiger partial charge in [0, 0.05) is 65.8 Å². The van der Waals surface area contributed by atoms with E-state index in [1.807, 2.05) is 36.4 Å². The van der Waals surface area contributed by atoms with E-state index in [9.17, 15) is 0 Å². The Labute approximate surface area is 435 Å². The molecule has 76 heavy (non-hydrogen) atoms. The molecule has 0 amide bonds. The second-order valence-electron chi connectivity index (χ2n) is 19.6. The van der Waals surface area contributed by atoms with Crippen molar-refractivity contribution >= 4 is 133 Å². The zero-order valence-electron chi connectivity index (χ0n) is 40.8. The van der Waals surface area contributed by atoms with Crippen LogP contribution in [0.4, 0.5) is 34.1 Å². The van der Waals surface area contributed by atoms with Crippen molar-refractivity contribution in [2.24, 2.45) is 0 Å². The van der Waals surface area contributed by atoms with Crippen LogP contribution in [-0.2, 0) is 0 Å². The number of para-hydroxylation sites is 6. The van der Waals surface area contributed by atoms with Gasteiger partial charge in [-0.3, -0.25) is 0 Å². The van der Waals surface area contributed by atoms with Crippen molar-refractivity contribution in [2.75, 3.05) is 9.80 Å². The van der Waals surface area contributed by atoms with Crippen LogP contribution in [0.15, 0.2) is 272 Å². The average molecular weight is 975 g/mol. The Morgan fingerprint density at radius 1 is 0.211 bits per heavy atom. The van der Waals surface area contributed by atoms with Crippen molar-refractivity contribution in [2.45, 2.75) is 0 Å². The first-order valence-electron chi connectivity index (χ1n) is 25.6. The maximum absolute atomic E-state index is 6.67. The molecule has 0 bridgehead atoms. The highest BCUT2D eigenvalue weighted by molar-refractivity contribution is 6.16. The molecule has 356 valence electrons. The summed E-state index contributed by atoms with van der Waals surface area (Å²) in [6.45, 7) is 0. The van der Waals surface area contributed by atoms with Gasteiger partial charge in [0.2, 0.25) is 0 Å².